The van der Waals surface area contributed by atoms with Crippen LogP contribution in [0.4, 0.5) is 0 Å². The molecule has 0 aromatic rings. The molecule has 1 aliphatic carbocycles. The molecule has 1 rings (SSSR count). The summed E-state index contributed by atoms with van der Waals surface area (Å²) < 4.78 is 43.0. The zero-order chi connectivity index (χ0) is 19.1. The van der Waals surface area contributed by atoms with Gasteiger partial charge in [0.05, 0.1) is 23.5 Å². The van der Waals surface area contributed by atoms with Crippen LogP contribution in [-0.2, 0) is 27.3 Å². The van der Waals surface area contributed by atoms with Crippen molar-refractivity contribution < 1.29 is 71.9 Å². The van der Waals surface area contributed by atoms with E-state index < -0.39 is 60.1 Å². The second-order valence-corrected chi connectivity index (χ2v) is 7.84. The van der Waals surface area contributed by atoms with Gasteiger partial charge in [-0.15, -0.1) is 0 Å². The molecule has 1 fully saturated rings. The average Bonchev–Trinajstić information content (AvgIpc) is 2.32. The highest BCUT2D eigenvalue weighted by Crippen LogP contribution is 2.43. The lowest BCUT2D eigenvalue weighted by Gasteiger charge is -2.51. The number of phosphoric ester groups is 3. The molecular weight excluding hydrogens is 405 g/mol. The van der Waals surface area contributed by atoms with E-state index in [2.05, 4.69) is 13.6 Å². The Hall–Kier alpha value is 0.210. The summed E-state index contributed by atoms with van der Waals surface area (Å²) in [7, 11) is -17.9. The molecule has 0 heterocycles. The van der Waals surface area contributed by atoms with Gasteiger partial charge in [-0.05, 0) is 0 Å². The first kappa shape index (κ1) is 22.3. The highest BCUT2D eigenvalue weighted by molar-refractivity contribution is 7.43. The molecular formula is C6H9O15P3-6. The number of rotatable bonds is 6. The third-order valence-electron chi connectivity index (χ3n) is 2.77. The number of hydrogen-bond donors (Lipinski definition) is 3. The molecule has 1 aliphatic rings. The first-order chi connectivity index (χ1) is 10.5. The van der Waals surface area contributed by atoms with Crippen LogP contribution in [0.3, 0.4) is 0 Å². The van der Waals surface area contributed by atoms with Crippen LogP contribution in [0.1, 0.15) is 0 Å². The Morgan fingerprint density at radius 3 is 1.12 bits per heavy atom. The molecule has 144 valence electrons. The van der Waals surface area contributed by atoms with Gasteiger partial charge in [0.2, 0.25) is 0 Å². The summed E-state index contributed by atoms with van der Waals surface area (Å²) in [5, 5.41) is 28.9. The van der Waals surface area contributed by atoms with Gasteiger partial charge < -0.3 is 71.9 Å². The van der Waals surface area contributed by atoms with Crippen LogP contribution in [0.15, 0.2) is 0 Å². The van der Waals surface area contributed by atoms with Crippen molar-refractivity contribution in [2.45, 2.75) is 36.6 Å². The maximum atomic E-state index is 10.6. The Kier molecular flexibility index (Phi) is 6.90. The van der Waals surface area contributed by atoms with Crippen LogP contribution in [0.5, 0.6) is 0 Å². The standard InChI is InChI=1S/C6H15O15P3/c7-1-2(8)5(20-23(13,14)15)6(21-24(16,17)18)3(9)4(1)19-22(10,11)12/h1-9H,(H2,10,11,12)(H2,13,14,15)(H2,16,17,18)/p-6/t1-,2+,3+,4-,5-,6-/m0/s1. The molecule has 6 atom stereocenters. The minimum atomic E-state index is -6.01. The van der Waals surface area contributed by atoms with E-state index in [1.807, 2.05) is 0 Å². The number of aliphatic hydroxyl groups is 3. The quantitative estimate of drug-likeness (QED) is 0.340. The fourth-order valence-electron chi connectivity index (χ4n) is 1.98. The van der Waals surface area contributed by atoms with Crippen molar-refractivity contribution in [3.05, 3.63) is 0 Å². The fourth-order valence-corrected chi connectivity index (χ4v) is 3.62. The van der Waals surface area contributed by atoms with E-state index in [0.29, 0.717) is 0 Å². The molecule has 0 unspecified atom stereocenters. The number of hydrogen-bond acceptors (Lipinski definition) is 15. The van der Waals surface area contributed by atoms with Crippen LogP contribution in [0.2, 0.25) is 0 Å². The van der Waals surface area contributed by atoms with Crippen LogP contribution in [0, 0.1) is 0 Å². The van der Waals surface area contributed by atoms with Gasteiger partial charge in [-0.1, -0.05) is 0 Å². The second-order valence-electron chi connectivity index (χ2n) is 4.52. The number of aliphatic hydroxyl groups excluding tert-OH is 3. The van der Waals surface area contributed by atoms with Crippen LogP contribution >= 0.6 is 23.5 Å². The van der Waals surface area contributed by atoms with Gasteiger partial charge in [0.25, 0.3) is 0 Å². The molecule has 0 aromatic carbocycles. The maximum absolute atomic E-state index is 10.6. The Labute approximate surface area is 133 Å². The predicted octanol–water partition coefficient (Wildman–Crippen LogP) is -7.28. The van der Waals surface area contributed by atoms with E-state index in [1.165, 1.54) is 0 Å². The monoisotopic (exact) mass is 414 g/mol. The summed E-state index contributed by atoms with van der Waals surface area (Å²) in [5.41, 5.74) is 0. The Balaban J connectivity index is 3.23. The van der Waals surface area contributed by atoms with Gasteiger partial charge in [-0.25, -0.2) is 0 Å². The molecule has 3 N–H and O–H groups in total. The predicted molar refractivity (Wildman–Crippen MR) is 55.5 cm³/mol. The summed E-state index contributed by atoms with van der Waals surface area (Å²) in [6.07, 6.45) is -15.7. The Morgan fingerprint density at radius 2 is 0.792 bits per heavy atom. The van der Waals surface area contributed by atoms with Crippen molar-refractivity contribution >= 4 is 23.5 Å². The van der Waals surface area contributed by atoms with Gasteiger partial charge >= 0.3 is 0 Å². The molecule has 1 saturated carbocycles. The average molecular weight is 414 g/mol. The van der Waals surface area contributed by atoms with E-state index >= 15 is 0 Å². The van der Waals surface area contributed by atoms with Crippen molar-refractivity contribution in [1.29, 1.82) is 0 Å². The highest BCUT2D eigenvalue weighted by atomic mass is 31.2. The molecule has 0 aliphatic heterocycles. The zero-order valence-corrected chi connectivity index (χ0v) is 13.7. The maximum Gasteiger partial charge on any atom is 0.120 e. The topological polar surface area (TPSA) is 278 Å². The summed E-state index contributed by atoms with van der Waals surface area (Å²) in [6.45, 7) is 0. The zero-order valence-electron chi connectivity index (χ0n) is 11.0. The van der Waals surface area contributed by atoms with E-state index in [-0.39, 0.29) is 0 Å². The molecule has 0 radical (unpaired) electrons. The van der Waals surface area contributed by atoms with Crippen molar-refractivity contribution in [3.63, 3.8) is 0 Å². The first-order valence-corrected chi connectivity index (χ1v) is 10.1. The summed E-state index contributed by atoms with van der Waals surface area (Å²) in [5.74, 6) is 0. The van der Waals surface area contributed by atoms with Crippen LogP contribution in [0.25, 0.3) is 0 Å². The summed E-state index contributed by atoms with van der Waals surface area (Å²) >= 11 is 0. The fraction of sp³-hybridized carbons (Fsp3) is 1.00. The van der Waals surface area contributed by atoms with Crippen molar-refractivity contribution in [2.75, 3.05) is 0 Å². The summed E-state index contributed by atoms with van der Waals surface area (Å²) in [4.78, 5) is 63.6. The van der Waals surface area contributed by atoms with Crippen LogP contribution in [-0.4, -0.2) is 51.9 Å². The molecule has 0 amide bonds. The first-order valence-electron chi connectivity index (χ1n) is 5.67. The minimum absolute atomic E-state index is 2.54. The normalized spacial score (nSPS) is 35.9. The molecule has 0 aromatic heterocycles. The van der Waals surface area contributed by atoms with E-state index in [4.69, 9.17) is 0 Å². The third kappa shape index (κ3) is 6.50. The van der Waals surface area contributed by atoms with E-state index in [9.17, 15) is 58.4 Å². The largest absolute Gasteiger partial charge is 0.790 e. The molecule has 18 heteroatoms. The SMILES string of the molecule is O=P([O-])([O-])O[C@@H]1[C@@H](O)[C@H](OP(=O)([O-])[O-])[C@@H](OP(=O)([O-])[O-])[C@H](O)[C@@H]1O. The molecule has 0 saturated heterocycles. The lowest BCUT2D eigenvalue weighted by atomic mass is 9.85. The van der Waals surface area contributed by atoms with Crippen LogP contribution < -0.4 is 29.4 Å². The second kappa shape index (κ2) is 7.45. The minimum Gasteiger partial charge on any atom is -0.790 e. The van der Waals surface area contributed by atoms with E-state index in [0.717, 1.165) is 0 Å². The Morgan fingerprint density at radius 1 is 0.542 bits per heavy atom. The highest BCUT2D eigenvalue weighted by Gasteiger charge is 2.52. The molecule has 24 heavy (non-hydrogen) atoms. The summed E-state index contributed by atoms with van der Waals surface area (Å²) in [6, 6.07) is 0. The molecule has 0 spiro atoms. The van der Waals surface area contributed by atoms with Gasteiger partial charge in [-0.3, -0.25) is 0 Å². The lowest BCUT2D eigenvalue weighted by molar-refractivity contribution is -0.371. The third-order valence-corrected chi connectivity index (χ3v) is 4.28. The number of phosphoric acid groups is 3. The Bertz CT molecular complexity index is 574. The van der Waals surface area contributed by atoms with E-state index in [1.54, 1.807) is 0 Å². The van der Waals surface area contributed by atoms with Gasteiger partial charge in [0, 0.05) is 0 Å². The smallest absolute Gasteiger partial charge is 0.120 e. The van der Waals surface area contributed by atoms with Gasteiger partial charge in [-0.2, -0.15) is 0 Å². The lowest BCUT2D eigenvalue weighted by Crippen LogP contribution is -2.66. The van der Waals surface area contributed by atoms with Crippen molar-refractivity contribution in [3.8, 4) is 0 Å². The molecule has 0 bridgehead atoms. The van der Waals surface area contributed by atoms with Gasteiger partial charge in [0.15, 0.2) is 0 Å². The van der Waals surface area contributed by atoms with Crippen molar-refractivity contribution in [2.24, 2.45) is 0 Å². The van der Waals surface area contributed by atoms with Crippen molar-refractivity contribution in [1.82, 2.24) is 0 Å². The molecule has 15 nitrogen and oxygen atoms in total. The van der Waals surface area contributed by atoms with Gasteiger partial charge in [0.1, 0.15) is 36.6 Å².